The van der Waals surface area contributed by atoms with Gasteiger partial charge < -0.3 is 5.32 Å². The quantitative estimate of drug-likeness (QED) is 0.548. The molecule has 0 unspecified atom stereocenters. The average molecular weight is 483 g/mol. The van der Waals surface area contributed by atoms with Crippen LogP contribution in [-0.2, 0) is 14.8 Å². The molecule has 1 amide bonds. The molecule has 3 aromatic rings. The van der Waals surface area contributed by atoms with Crippen LogP contribution in [0.5, 0.6) is 0 Å². The van der Waals surface area contributed by atoms with Gasteiger partial charge in [-0.05, 0) is 54.3 Å². The Morgan fingerprint density at radius 2 is 1.93 bits per heavy atom. The third-order valence-corrected chi connectivity index (χ3v) is 7.91. The molecule has 0 bridgehead atoms. The Bertz CT molecular complexity index is 1100. The zero-order valence-electron chi connectivity index (χ0n) is 14.7. The van der Waals surface area contributed by atoms with Gasteiger partial charge in [0.05, 0.1) is 5.69 Å². The third-order valence-electron chi connectivity index (χ3n) is 3.89. The van der Waals surface area contributed by atoms with Crippen LogP contribution in [0.15, 0.2) is 68.7 Å². The number of thiophene rings is 1. The van der Waals surface area contributed by atoms with Gasteiger partial charge in [-0.25, -0.2) is 12.8 Å². The van der Waals surface area contributed by atoms with Gasteiger partial charge in [-0.3, -0.25) is 9.10 Å². The first-order chi connectivity index (χ1) is 13.3. The summed E-state index contributed by atoms with van der Waals surface area (Å²) >= 11 is 4.39. The number of hydrogen-bond acceptors (Lipinski definition) is 4. The highest BCUT2D eigenvalue weighted by Gasteiger charge is 2.29. The molecule has 0 spiro atoms. The first-order valence-corrected chi connectivity index (χ1v) is 11.3. The molecule has 0 saturated carbocycles. The summed E-state index contributed by atoms with van der Waals surface area (Å²) in [4.78, 5) is 12.6. The van der Waals surface area contributed by atoms with Crippen LogP contribution in [0.3, 0.4) is 0 Å². The second kappa shape index (κ2) is 8.42. The molecule has 5 nitrogen and oxygen atoms in total. The van der Waals surface area contributed by atoms with Crippen molar-refractivity contribution in [3.63, 3.8) is 0 Å². The molecule has 0 saturated heterocycles. The number of sulfonamides is 1. The third kappa shape index (κ3) is 4.43. The maximum atomic E-state index is 14.3. The molecule has 2 aromatic carbocycles. The van der Waals surface area contributed by atoms with E-state index in [0.29, 0.717) is 5.69 Å². The molecule has 0 radical (unpaired) electrons. The van der Waals surface area contributed by atoms with Crippen molar-refractivity contribution in [2.24, 2.45) is 0 Å². The predicted octanol–water partition coefficient (Wildman–Crippen LogP) is 4.79. The number of benzene rings is 2. The lowest BCUT2D eigenvalue weighted by atomic mass is 10.2. The Kier molecular flexibility index (Phi) is 6.17. The second-order valence-electron chi connectivity index (χ2n) is 5.91. The zero-order chi connectivity index (χ0) is 20.3. The second-order valence-corrected chi connectivity index (χ2v) is 9.80. The number of halogens is 2. The van der Waals surface area contributed by atoms with Crippen molar-refractivity contribution in [1.29, 1.82) is 0 Å². The normalized spacial score (nSPS) is 11.2. The van der Waals surface area contributed by atoms with E-state index in [2.05, 4.69) is 21.2 Å². The zero-order valence-corrected chi connectivity index (χ0v) is 17.9. The summed E-state index contributed by atoms with van der Waals surface area (Å²) in [5.74, 6) is -1.31. The summed E-state index contributed by atoms with van der Waals surface area (Å²) in [6, 6.07) is 13.7. The predicted molar refractivity (Wildman–Crippen MR) is 113 cm³/mol. The highest BCUT2D eigenvalue weighted by molar-refractivity contribution is 9.10. The van der Waals surface area contributed by atoms with Gasteiger partial charge in [0.25, 0.3) is 10.0 Å². The fraction of sp³-hybridized carbons (Fsp3) is 0.105. The van der Waals surface area contributed by atoms with Crippen LogP contribution in [0.2, 0.25) is 0 Å². The maximum absolute atomic E-state index is 14.3. The number of aryl methyl sites for hydroxylation is 1. The van der Waals surface area contributed by atoms with Gasteiger partial charge in [0.2, 0.25) is 5.91 Å². The number of hydrogen-bond donors (Lipinski definition) is 1. The van der Waals surface area contributed by atoms with E-state index in [4.69, 9.17) is 0 Å². The molecule has 0 atom stereocenters. The summed E-state index contributed by atoms with van der Waals surface area (Å²) in [7, 11) is -4.09. The number of para-hydroxylation sites is 1. The van der Waals surface area contributed by atoms with E-state index in [1.807, 2.05) is 6.92 Å². The van der Waals surface area contributed by atoms with E-state index >= 15 is 0 Å². The molecular weight excluding hydrogens is 467 g/mol. The molecule has 1 heterocycles. The Hall–Kier alpha value is -2.23. The SMILES string of the molecule is Cc1cc(NC(=O)CN(c2ccccc2F)S(=O)(=O)c2cccs2)ccc1Br. The number of nitrogens with one attached hydrogen (secondary N) is 1. The number of carbonyl (C=O) groups excluding carboxylic acids is 1. The van der Waals surface area contributed by atoms with Crippen LogP contribution >= 0.6 is 27.3 Å². The highest BCUT2D eigenvalue weighted by Crippen LogP contribution is 2.28. The average Bonchev–Trinajstić information content (AvgIpc) is 3.19. The fourth-order valence-electron chi connectivity index (χ4n) is 2.53. The summed E-state index contributed by atoms with van der Waals surface area (Å²) < 4.78 is 42.1. The summed E-state index contributed by atoms with van der Waals surface area (Å²) in [6.07, 6.45) is 0. The first-order valence-electron chi connectivity index (χ1n) is 8.16. The first kappa shape index (κ1) is 20.5. The molecule has 28 heavy (non-hydrogen) atoms. The number of carbonyl (C=O) groups is 1. The van der Waals surface area contributed by atoms with Crippen molar-refractivity contribution >= 4 is 54.6 Å². The van der Waals surface area contributed by atoms with Crippen LogP contribution in [0.1, 0.15) is 5.56 Å². The fourth-order valence-corrected chi connectivity index (χ4v) is 5.31. The number of anilines is 2. The Morgan fingerprint density at radius 3 is 2.57 bits per heavy atom. The smallest absolute Gasteiger partial charge is 0.274 e. The van der Waals surface area contributed by atoms with Gasteiger partial charge in [-0.2, -0.15) is 0 Å². The van der Waals surface area contributed by atoms with Gasteiger partial charge >= 0.3 is 0 Å². The highest BCUT2D eigenvalue weighted by atomic mass is 79.9. The lowest BCUT2D eigenvalue weighted by molar-refractivity contribution is -0.114. The van der Waals surface area contributed by atoms with E-state index in [0.717, 1.165) is 31.7 Å². The van der Waals surface area contributed by atoms with Gasteiger partial charge in [0.15, 0.2) is 0 Å². The Balaban J connectivity index is 1.92. The van der Waals surface area contributed by atoms with Crippen molar-refractivity contribution in [2.75, 3.05) is 16.2 Å². The van der Waals surface area contributed by atoms with Gasteiger partial charge in [0.1, 0.15) is 16.6 Å². The minimum absolute atomic E-state index is 0.0306. The van der Waals surface area contributed by atoms with Crippen LogP contribution in [0.4, 0.5) is 15.8 Å². The lowest BCUT2D eigenvalue weighted by Crippen LogP contribution is -2.38. The molecule has 146 valence electrons. The monoisotopic (exact) mass is 482 g/mol. The summed E-state index contributed by atoms with van der Waals surface area (Å²) in [5, 5.41) is 4.27. The molecule has 0 fully saturated rings. The van der Waals surface area contributed by atoms with E-state index in [9.17, 15) is 17.6 Å². The minimum Gasteiger partial charge on any atom is -0.325 e. The van der Waals surface area contributed by atoms with E-state index in [1.165, 1.54) is 24.3 Å². The molecule has 0 aliphatic heterocycles. The molecule has 1 N–H and O–H groups in total. The summed E-state index contributed by atoms with van der Waals surface area (Å²) in [5.41, 5.74) is 1.25. The number of rotatable bonds is 6. The van der Waals surface area contributed by atoms with Crippen LogP contribution in [0.25, 0.3) is 0 Å². The number of amides is 1. The van der Waals surface area contributed by atoms with Gasteiger partial charge in [-0.1, -0.05) is 34.1 Å². The molecule has 0 aliphatic rings. The van der Waals surface area contributed by atoms with Crippen molar-refractivity contribution in [2.45, 2.75) is 11.1 Å². The topological polar surface area (TPSA) is 66.5 Å². The van der Waals surface area contributed by atoms with E-state index < -0.39 is 28.3 Å². The Labute approximate surface area is 175 Å². The van der Waals surface area contributed by atoms with Crippen molar-refractivity contribution in [3.8, 4) is 0 Å². The van der Waals surface area contributed by atoms with Crippen LogP contribution < -0.4 is 9.62 Å². The standard InChI is InChI=1S/C19H16BrFN2O3S2/c1-13-11-14(8-9-15(13)20)22-18(24)12-23(17-6-3-2-5-16(17)21)28(25,26)19-7-4-10-27-19/h2-11H,12H2,1H3,(H,22,24). The minimum atomic E-state index is -4.09. The van der Waals surface area contributed by atoms with Crippen molar-refractivity contribution < 1.29 is 17.6 Å². The van der Waals surface area contributed by atoms with Crippen molar-refractivity contribution in [3.05, 3.63) is 75.8 Å². The molecule has 1 aromatic heterocycles. The van der Waals surface area contributed by atoms with Crippen LogP contribution in [0, 0.1) is 12.7 Å². The Morgan fingerprint density at radius 1 is 1.18 bits per heavy atom. The number of nitrogens with zero attached hydrogens (tertiary/aromatic N) is 1. The van der Waals surface area contributed by atoms with E-state index in [1.54, 1.807) is 29.6 Å². The molecule has 3 rings (SSSR count). The molecule has 9 heteroatoms. The summed E-state index contributed by atoms with van der Waals surface area (Å²) in [6.45, 7) is 1.31. The van der Waals surface area contributed by atoms with Crippen LogP contribution in [-0.4, -0.2) is 20.9 Å². The maximum Gasteiger partial charge on any atom is 0.274 e. The van der Waals surface area contributed by atoms with Gasteiger partial charge in [0, 0.05) is 10.2 Å². The molecule has 0 aliphatic carbocycles. The van der Waals surface area contributed by atoms with E-state index in [-0.39, 0.29) is 9.90 Å². The van der Waals surface area contributed by atoms with Gasteiger partial charge in [-0.15, -0.1) is 11.3 Å². The van der Waals surface area contributed by atoms with Crippen molar-refractivity contribution in [1.82, 2.24) is 0 Å². The lowest BCUT2D eigenvalue weighted by Gasteiger charge is -2.23. The largest absolute Gasteiger partial charge is 0.325 e. The molecular formula is C19H16BrFN2O3S2.